The molecule has 100 valence electrons. The smallest absolute Gasteiger partial charge is 0.147 e. The maximum atomic E-state index is 5.46. The highest BCUT2D eigenvalue weighted by molar-refractivity contribution is 5.31. The Morgan fingerprint density at radius 3 is 2.26 bits per heavy atom. The fraction of sp³-hybridized carbons (Fsp3) is 0.294. The first-order valence-corrected chi connectivity index (χ1v) is 6.91. The fourth-order valence-corrected chi connectivity index (χ4v) is 1.89. The minimum Gasteiger partial charge on any atom is -0.409 e. The molecule has 0 radical (unpaired) electrons. The van der Waals surface area contributed by atoms with Crippen LogP contribution in [0.5, 0.6) is 5.75 Å². The number of rotatable bonds is 7. The van der Waals surface area contributed by atoms with Gasteiger partial charge in [0.05, 0.1) is 0 Å². The van der Waals surface area contributed by atoms with E-state index >= 15 is 0 Å². The number of hydrogen-bond donors (Lipinski definition) is 1. The predicted molar refractivity (Wildman–Crippen MR) is 79.2 cm³/mol. The Balaban J connectivity index is 1.84. The molecule has 0 heterocycles. The van der Waals surface area contributed by atoms with Gasteiger partial charge in [0.1, 0.15) is 5.75 Å². The Bertz CT molecular complexity index is 464. The van der Waals surface area contributed by atoms with Crippen LogP contribution in [0.3, 0.4) is 0 Å². The molecule has 0 aromatic heterocycles. The summed E-state index contributed by atoms with van der Waals surface area (Å²) in [4.78, 5) is 5.46. The lowest BCUT2D eigenvalue weighted by atomic mass is 10.1. The minimum absolute atomic E-state index is 0.868. The highest BCUT2D eigenvalue weighted by Crippen LogP contribution is 2.14. The molecule has 0 saturated carbocycles. The van der Waals surface area contributed by atoms with Crippen LogP contribution in [0.1, 0.15) is 30.9 Å². The molecule has 0 aliphatic heterocycles. The summed E-state index contributed by atoms with van der Waals surface area (Å²) in [5.74, 6) is 0.868. The molecule has 1 N–H and O–H groups in total. The molecule has 2 heteroatoms. The van der Waals surface area contributed by atoms with Crippen LogP contribution in [0.15, 0.2) is 54.6 Å². The van der Waals surface area contributed by atoms with E-state index in [0.717, 1.165) is 25.1 Å². The molecule has 0 aliphatic rings. The van der Waals surface area contributed by atoms with Crippen molar-refractivity contribution in [2.75, 3.05) is 6.54 Å². The van der Waals surface area contributed by atoms with Crippen molar-refractivity contribution in [2.45, 2.75) is 26.2 Å². The average Bonchev–Trinajstić information content (AvgIpc) is 2.46. The van der Waals surface area contributed by atoms with E-state index in [4.69, 9.17) is 4.84 Å². The van der Waals surface area contributed by atoms with E-state index in [2.05, 4.69) is 48.8 Å². The Labute approximate surface area is 115 Å². The summed E-state index contributed by atoms with van der Waals surface area (Å²) in [7, 11) is 0. The van der Waals surface area contributed by atoms with Crippen molar-refractivity contribution >= 4 is 0 Å². The predicted octanol–water partition coefficient (Wildman–Crippen LogP) is 3.96. The summed E-state index contributed by atoms with van der Waals surface area (Å²) in [5.41, 5.74) is 5.60. The van der Waals surface area contributed by atoms with Gasteiger partial charge in [0, 0.05) is 6.54 Å². The largest absolute Gasteiger partial charge is 0.409 e. The summed E-state index contributed by atoms with van der Waals surface area (Å²) in [5, 5.41) is 0. The third kappa shape index (κ3) is 4.76. The zero-order chi connectivity index (χ0) is 13.3. The molecule has 0 aliphatic carbocycles. The van der Waals surface area contributed by atoms with Crippen LogP contribution in [-0.2, 0) is 6.42 Å². The SMILES string of the molecule is CCCCNOc1ccc(Cc2ccccc2)cc1. The van der Waals surface area contributed by atoms with E-state index in [1.807, 2.05) is 18.2 Å². The number of hydroxylamine groups is 1. The van der Waals surface area contributed by atoms with E-state index in [-0.39, 0.29) is 0 Å². The third-order valence-corrected chi connectivity index (χ3v) is 3.00. The van der Waals surface area contributed by atoms with Gasteiger partial charge < -0.3 is 4.84 Å². The van der Waals surface area contributed by atoms with Crippen LogP contribution in [0.2, 0.25) is 0 Å². The molecule has 0 bridgehead atoms. The summed E-state index contributed by atoms with van der Waals surface area (Å²) in [6, 6.07) is 18.7. The van der Waals surface area contributed by atoms with Crippen molar-refractivity contribution < 1.29 is 4.84 Å². The van der Waals surface area contributed by atoms with Crippen LogP contribution in [0.4, 0.5) is 0 Å². The maximum Gasteiger partial charge on any atom is 0.147 e. The van der Waals surface area contributed by atoms with Crippen molar-refractivity contribution in [3.8, 4) is 5.75 Å². The molecule has 2 aromatic rings. The second kappa shape index (κ2) is 7.59. The van der Waals surface area contributed by atoms with E-state index in [9.17, 15) is 0 Å². The zero-order valence-corrected chi connectivity index (χ0v) is 11.4. The number of unbranched alkanes of at least 4 members (excludes halogenated alkanes) is 1. The molecule has 2 aromatic carbocycles. The monoisotopic (exact) mass is 255 g/mol. The quantitative estimate of drug-likeness (QED) is 0.597. The van der Waals surface area contributed by atoms with Gasteiger partial charge in [0.15, 0.2) is 0 Å². The molecule has 0 fully saturated rings. The molecular formula is C17H21NO. The molecular weight excluding hydrogens is 234 g/mol. The Kier molecular flexibility index (Phi) is 5.45. The number of hydrogen-bond acceptors (Lipinski definition) is 2. The van der Waals surface area contributed by atoms with Gasteiger partial charge in [0.25, 0.3) is 0 Å². The topological polar surface area (TPSA) is 21.3 Å². The molecule has 2 nitrogen and oxygen atoms in total. The lowest BCUT2D eigenvalue weighted by Gasteiger charge is -2.07. The van der Waals surface area contributed by atoms with Gasteiger partial charge in [0.2, 0.25) is 0 Å². The van der Waals surface area contributed by atoms with Gasteiger partial charge in [-0.3, -0.25) is 0 Å². The first kappa shape index (κ1) is 13.6. The Morgan fingerprint density at radius 1 is 0.895 bits per heavy atom. The van der Waals surface area contributed by atoms with Gasteiger partial charge >= 0.3 is 0 Å². The standard InChI is InChI=1S/C17H21NO/c1-2-3-13-18-19-17-11-9-16(10-12-17)14-15-7-5-4-6-8-15/h4-12,18H,2-3,13-14H2,1H3. The van der Waals surface area contributed by atoms with Gasteiger partial charge in [-0.05, 0) is 36.1 Å². The third-order valence-electron chi connectivity index (χ3n) is 3.00. The first-order chi connectivity index (χ1) is 9.38. The molecule has 0 atom stereocenters. The zero-order valence-electron chi connectivity index (χ0n) is 11.4. The molecule has 19 heavy (non-hydrogen) atoms. The lowest BCUT2D eigenvalue weighted by molar-refractivity contribution is 0.194. The van der Waals surface area contributed by atoms with Gasteiger partial charge in [-0.2, -0.15) is 5.48 Å². The number of benzene rings is 2. The van der Waals surface area contributed by atoms with Crippen molar-refractivity contribution in [1.82, 2.24) is 5.48 Å². The molecule has 0 unspecified atom stereocenters. The van der Waals surface area contributed by atoms with Crippen molar-refractivity contribution in [2.24, 2.45) is 0 Å². The summed E-state index contributed by atoms with van der Waals surface area (Å²) >= 11 is 0. The van der Waals surface area contributed by atoms with E-state index < -0.39 is 0 Å². The van der Waals surface area contributed by atoms with Crippen LogP contribution in [-0.4, -0.2) is 6.54 Å². The van der Waals surface area contributed by atoms with Crippen molar-refractivity contribution in [3.05, 3.63) is 65.7 Å². The molecule has 0 amide bonds. The second-order valence-corrected chi connectivity index (χ2v) is 4.66. The minimum atomic E-state index is 0.868. The maximum absolute atomic E-state index is 5.46. The van der Waals surface area contributed by atoms with Gasteiger partial charge in [-0.25, -0.2) is 0 Å². The molecule has 0 saturated heterocycles. The van der Waals surface area contributed by atoms with E-state index in [0.29, 0.717) is 0 Å². The molecule has 0 spiro atoms. The van der Waals surface area contributed by atoms with Crippen molar-refractivity contribution in [1.29, 1.82) is 0 Å². The van der Waals surface area contributed by atoms with Crippen molar-refractivity contribution in [3.63, 3.8) is 0 Å². The Hall–Kier alpha value is -1.80. The van der Waals surface area contributed by atoms with Crippen LogP contribution >= 0.6 is 0 Å². The van der Waals surface area contributed by atoms with Gasteiger partial charge in [-0.15, -0.1) is 0 Å². The normalized spacial score (nSPS) is 10.4. The van der Waals surface area contributed by atoms with Crippen LogP contribution in [0.25, 0.3) is 0 Å². The molecule has 2 rings (SSSR count). The average molecular weight is 255 g/mol. The summed E-state index contributed by atoms with van der Waals surface area (Å²) in [6.45, 7) is 3.06. The summed E-state index contributed by atoms with van der Waals surface area (Å²) in [6.07, 6.45) is 3.27. The van der Waals surface area contributed by atoms with E-state index in [1.165, 1.54) is 17.5 Å². The lowest BCUT2D eigenvalue weighted by Crippen LogP contribution is -2.19. The van der Waals surface area contributed by atoms with Crippen LogP contribution in [0, 0.1) is 0 Å². The number of nitrogens with one attached hydrogen (secondary N) is 1. The highest BCUT2D eigenvalue weighted by Gasteiger charge is 1.97. The van der Waals surface area contributed by atoms with Gasteiger partial charge in [-0.1, -0.05) is 55.8 Å². The highest BCUT2D eigenvalue weighted by atomic mass is 16.6. The van der Waals surface area contributed by atoms with E-state index in [1.54, 1.807) is 0 Å². The second-order valence-electron chi connectivity index (χ2n) is 4.66. The first-order valence-electron chi connectivity index (χ1n) is 6.91. The summed E-state index contributed by atoms with van der Waals surface area (Å²) < 4.78 is 0. The fourth-order valence-electron chi connectivity index (χ4n) is 1.89. The Morgan fingerprint density at radius 2 is 1.58 bits per heavy atom. The van der Waals surface area contributed by atoms with Crippen LogP contribution < -0.4 is 10.3 Å².